The van der Waals surface area contributed by atoms with Crippen molar-refractivity contribution in [1.82, 2.24) is 24.7 Å². The van der Waals surface area contributed by atoms with Crippen LogP contribution in [0.15, 0.2) is 78.2 Å². The smallest absolute Gasteiger partial charge is 0.196 e. The number of ether oxygens (including phenoxy) is 1. The number of hydrogen-bond donors (Lipinski definition) is 0. The van der Waals surface area contributed by atoms with Crippen LogP contribution in [0.25, 0.3) is 28.0 Å². The van der Waals surface area contributed by atoms with Gasteiger partial charge in [-0.15, -0.1) is 10.2 Å². The van der Waals surface area contributed by atoms with Crippen molar-refractivity contribution in [1.29, 1.82) is 0 Å². The predicted octanol–water partition coefficient (Wildman–Crippen LogP) is 6.14. The molecule has 8 heteroatoms. The van der Waals surface area contributed by atoms with E-state index in [1.165, 1.54) is 0 Å². The fourth-order valence-corrected chi connectivity index (χ4v) is 4.77. The molecule has 0 aliphatic carbocycles. The lowest BCUT2D eigenvalue weighted by Crippen LogP contribution is -2.00. The maximum Gasteiger partial charge on any atom is 0.196 e. The van der Waals surface area contributed by atoms with E-state index in [2.05, 4.69) is 38.4 Å². The molecule has 5 aromatic rings. The van der Waals surface area contributed by atoms with Gasteiger partial charge in [0.2, 0.25) is 0 Å². The molecule has 0 bridgehead atoms. The molecular weight excluding hydrogens is 454 g/mol. The Bertz CT molecular complexity index is 1420. The van der Waals surface area contributed by atoms with E-state index in [1.807, 2.05) is 54.0 Å². The molecular formula is C25H20ClN5OS. The molecule has 2 aromatic carbocycles. The number of methoxy groups -OCH3 is 1. The Morgan fingerprint density at radius 2 is 1.76 bits per heavy atom. The second-order valence-electron chi connectivity index (χ2n) is 7.50. The van der Waals surface area contributed by atoms with Gasteiger partial charge in [-0.2, -0.15) is 0 Å². The Balaban J connectivity index is 1.52. The van der Waals surface area contributed by atoms with Gasteiger partial charge >= 0.3 is 0 Å². The minimum Gasteiger partial charge on any atom is -0.497 e. The van der Waals surface area contributed by atoms with E-state index in [9.17, 15) is 0 Å². The van der Waals surface area contributed by atoms with Gasteiger partial charge in [0.25, 0.3) is 0 Å². The standard InChI is InChI=1S/C25H20ClN5OS/c1-16-3-4-18-14-19(23(26)28-22(18)13-16)15-33-25-30-29-24(17-9-11-27-12-10-17)31(25)20-5-7-21(32-2)8-6-20/h3-14H,15H2,1-2H3. The Labute approximate surface area is 200 Å². The summed E-state index contributed by atoms with van der Waals surface area (Å²) >= 11 is 8.09. The van der Waals surface area contributed by atoms with E-state index >= 15 is 0 Å². The molecule has 0 aliphatic heterocycles. The van der Waals surface area contributed by atoms with Gasteiger partial charge in [0.1, 0.15) is 10.9 Å². The molecule has 0 saturated carbocycles. The number of aryl methyl sites for hydroxylation is 1. The molecule has 164 valence electrons. The third kappa shape index (κ3) is 4.42. The van der Waals surface area contributed by atoms with Crippen molar-refractivity contribution in [3.63, 3.8) is 0 Å². The van der Waals surface area contributed by atoms with Crippen LogP contribution in [0.5, 0.6) is 5.75 Å². The van der Waals surface area contributed by atoms with Crippen molar-refractivity contribution in [2.24, 2.45) is 0 Å². The van der Waals surface area contributed by atoms with Gasteiger partial charge in [-0.1, -0.05) is 35.5 Å². The molecule has 0 unspecified atom stereocenters. The van der Waals surface area contributed by atoms with E-state index in [1.54, 1.807) is 31.3 Å². The molecule has 5 rings (SSSR count). The summed E-state index contributed by atoms with van der Waals surface area (Å²) in [7, 11) is 1.65. The Morgan fingerprint density at radius 3 is 2.52 bits per heavy atom. The van der Waals surface area contributed by atoms with Crippen LogP contribution in [0, 0.1) is 6.92 Å². The monoisotopic (exact) mass is 473 g/mol. The number of benzene rings is 2. The van der Waals surface area contributed by atoms with Gasteiger partial charge < -0.3 is 4.74 Å². The number of halogens is 1. The van der Waals surface area contributed by atoms with Crippen molar-refractivity contribution < 1.29 is 4.74 Å². The lowest BCUT2D eigenvalue weighted by molar-refractivity contribution is 0.414. The van der Waals surface area contributed by atoms with E-state index in [4.69, 9.17) is 16.3 Å². The zero-order chi connectivity index (χ0) is 22.8. The lowest BCUT2D eigenvalue weighted by Gasteiger charge is -2.12. The van der Waals surface area contributed by atoms with Crippen molar-refractivity contribution in [2.75, 3.05) is 7.11 Å². The zero-order valence-corrected chi connectivity index (χ0v) is 19.6. The topological polar surface area (TPSA) is 65.7 Å². The molecule has 0 saturated heterocycles. The Hall–Kier alpha value is -3.42. The van der Waals surface area contributed by atoms with Crippen LogP contribution in [0.3, 0.4) is 0 Å². The first-order valence-electron chi connectivity index (χ1n) is 10.3. The molecule has 3 heterocycles. The maximum absolute atomic E-state index is 6.52. The predicted molar refractivity (Wildman–Crippen MR) is 132 cm³/mol. The molecule has 0 atom stereocenters. The van der Waals surface area contributed by atoms with Crippen molar-refractivity contribution in [3.05, 3.63) is 89.3 Å². The normalized spacial score (nSPS) is 11.1. The number of nitrogens with zero attached hydrogens (tertiary/aromatic N) is 5. The second kappa shape index (κ2) is 9.21. The highest BCUT2D eigenvalue weighted by atomic mass is 35.5. The number of aromatic nitrogens is 5. The van der Waals surface area contributed by atoms with Crippen LogP contribution in [-0.2, 0) is 5.75 Å². The summed E-state index contributed by atoms with van der Waals surface area (Å²) < 4.78 is 7.35. The number of rotatable bonds is 6. The molecule has 0 fully saturated rings. The van der Waals surface area contributed by atoms with Gasteiger partial charge in [0.15, 0.2) is 11.0 Å². The molecule has 0 amide bonds. The second-order valence-corrected chi connectivity index (χ2v) is 8.80. The number of hydrogen-bond acceptors (Lipinski definition) is 6. The van der Waals surface area contributed by atoms with Crippen LogP contribution in [0.1, 0.15) is 11.1 Å². The van der Waals surface area contributed by atoms with Gasteiger partial charge in [-0.05, 0) is 61.0 Å². The summed E-state index contributed by atoms with van der Waals surface area (Å²) in [6.45, 7) is 2.05. The summed E-state index contributed by atoms with van der Waals surface area (Å²) in [6, 6.07) is 20.0. The van der Waals surface area contributed by atoms with E-state index in [0.29, 0.717) is 10.9 Å². The molecule has 6 nitrogen and oxygen atoms in total. The third-order valence-electron chi connectivity index (χ3n) is 5.26. The lowest BCUT2D eigenvalue weighted by atomic mass is 10.1. The average Bonchev–Trinajstić information content (AvgIpc) is 3.27. The largest absolute Gasteiger partial charge is 0.497 e. The molecule has 0 N–H and O–H groups in total. The Morgan fingerprint density at radius 1 is 0.970 bits per heavy atom. The number of thioether (sulfide) groups is 1. The fraction of sp³-hybridized carbons (Fsp3) is 0.120. The summed E-state index contributed by atoms with van der Waals surface area (Å²) in [5, 5.41) is 11.3. The number of pyridine rings is 2. The highest BCUT2D eigenvalue weighted by Gasteiger charge is 2.17. The van der Waals surface area contributed by atoms with Crippen LogP contribution in [0.4, 0.5) is 0 Å². The first-order chi connectivity index (χ1) is 16.1. The third-order valence-corrected chi connectivity index (χ3v) is 6.56. The zero-order valence-electron chi connectivity index (χ0n) is 18.1. The summed E-state index contributed by atoms with van der Waals surface area (Å²) in [6.07, 6.45) is 3.49. The van der Waals surface area contributed by atoms with Crippen LogP contribution >= 0.6 is 23.4 Å². The fourth-order valence-electron chi connectivity index (χ4n) is 3.56. The number of fused-ring (bicyclic) bond motifs is 1. The van der Waals surface area contributed by atoms with Gasteiger partial charge in [-0.3, -0.25) is 9.55 Å². The minimum atomic E-state index is 0.505. The van der Waals surface area contributed by atoms with Crippen LogP contribution in [0.2, 0.25) is 5.15 Å². The first kappa shape index (κ1) is 21.4. The van der Waals surface area contributed by atoms with Crippen LogP contribution in [-0.4, -0.2) is 31.8 Å². The highest BCUT2D eigenvalue weighted by Crippen LogP contribution is 2.32. The molecule has 33 heavy (non-hydrogen) atoms. The molecule has 0 spiro atoms. The van der Waals surface area contributed by atoms with Gasteiger partial charge in [-0.25, -0.2) is 4.98 Å². The SMILES string of the molecule is COc1ccc(-n2c(SCc3cc4ccc(C)cc4nc3Cl)nnc2-c2ccncc2)cc1. The van der Waals surface area contributed by atoms with E-state index < -0.39 is 0 Å². The summed E-state index contributed by atoms with van der Waals surface area (Å²) in [5.41, 5.74) is 4.88. The van der Waals surface area contributed by atoms with E-state index in [0.717, 1.165) is 50.0 Å². The maximum atomic E-state index is 6.52. The Kier molecular flexibility index (Phi) is 5.98. The summed E-state index contributed by atoms with van der Waals surface area (Å²) in [4.78, 5) is 8.71. The quantitative estimate of drug-likeness (QED) is 0.218. The van der Waals surface area contributed by atoms with Crippen molar-refractivity contribution in [2.45, 2.75) is 17.8 Å². The first-order valence-corrected chi connectivity index (χ1v) is 11.7. The van der Waals surface area contributed by atoms with E-state index in [-0.39, 0.29) is 0 Å². The van der Waals surface area contributed by atoms with Crippen LogP contribution < -0.4 is 4.74 Å². The average molecular weight is 474 g/mol. The van der Waals surface area contributed by atoms with Crippen molar-refractivity contribution >= 4 is 34.3 Å². The molecule has 0 aliphatic rings. The van der Waals surface area contributed by atoms with Gasteiger partial charge in [0, 0.05) is 40.3 Å². The van der Waals surface area contributed by atoms with Gasteiger partial charge in [0.05, 0.1) is 12.6 Å². The minimum absolute atomic E-state index is 0.505. The molecule has 3 aromatic heterocycles. The highest BCUT2D eigenvalue weighted by molar-refractivity contribution is 7.98. The van der Waals surface area contributed by atoms with Crippen molar-refractivity contribution in [3.8, 4) is 22.8 Å². The summed E-state index contributed by atoms with van der Waals surface area (Å²) in [5.74, 6) is 2.14. The molecule has 0 radical (unpaired) electrons.